The Morgan fingerprint density at radius 2 is 2.11 bits per heavy atom. The van der Waals surface area contributed by atoms with Crippen LogP contribution < -0.4 is 5.32 Å². The van der Waals surface area contributed by atoms with Crippen molar-refractivity contribution in [1.29, 1.82) is 0 Å². The molecule has 0 spiro atoms. The molecule has 0 bridgehead atoms. The third-order valence-electron chi connectivity index (χ3n) is 3.04. The fourth-order valence-corrected chi connectivity index (χ4v) is 2.32. The van der Waals surface area contributed by atoms with Crippen LogP contribution in [0.25, 0.3) is 0 Å². The van der Waals surface area contributed by atoms with Crippen molar-refractivity contribution in [2.75, 3.05) is 6.54 Å². The highest BCUT2D eigenvalue weighted by Gasteiger charge is 2.19. The van der Waals surface area contributed by atoms with E-state index in [1.807, 2.05) is 25.5 Å². The van der Waals surface area contributed by atoms with Crippen molar-refractivity contribution < 1.29 is 5.11 Å². The molecule has 2 N–H and O–H groups in total. The molecule has 0 aromatic carbocycles. The molecule has 104 valence electrons. The van der Waals surface area contributed by atoms with E-state index in [0.717, 1.165) is 35.8 Å². The van der Waals surface area contributed by atoms with Gasteiger partial charge in [-0.05, 0) is 27.2 Å². The molecule has 1 atom stereocenters. The first-order chi connectivity index (χ1) is 8.41. The van der Waals surface area contributed by atoms with Gasteiger partial charge in [-0.1, -0.05) is 24.9 Å². The molecule has 1 heterocycles. The second-order valence-corrected chi connectivity index (χ2v) is 5.39. The predicted molar refractivity (Wildman–Crippen MR) is 74.9 cm³/mol. The lowest BCUT2D eigenvalue weighted by atomic mass is 10.0. The van der Waals surface area contributed by atoms with E-state index in [9.17, 15) is 5.11 Å². The molecule has 0 aliphatic heterocycles. The van der Waals surface area contributed by atoms with Crippen LogP contribution in [0.2, 0.25) is 5.02 Å². The highest BCUT2D eigenvalue weighted by atomic mass is 35.5. The summed E-state index contributed by atoms with van der Waals surface area (Å²) in [5, 5.41) is 18.4. The second-order valence-electron chi connectivity index (χ2n) is 5.01. The molecule has 1 unspecified atom stereocenters. The molecule has 1 aromatic heterocycles. The Bertz CT molecular complexity index is 388. The van der Waals surface area contributed by atoms with Crippen molar-refractivity contribution in [3.8, 4) is 0 Å². The first-order valence-corrected chi connectivity index (χ1v) is 6.94. The lowest BCUT2D eigenvalue weighted by Crippen LogP contribution is -2.37. The summed E-state index contributed by atoms with van der Waals surface area (Å²) in [5.41, 5.74) is 1.19. The van der Waals surface area contributed by atoms with E-state index in [2.05, 4.69) is 17.3 Å². The Morgan fingerprint density at radius 1 is 1.44 bits per heavy atom. The Hall–Kier alpha value is -0.580. The molecule has 0 aliphatic rings. The summed E-state index contributed by atoms with van der Waals surface area (Å²) in [5.74, 6) is 0. The minimum atomic E-state index is -0.659. The Labute approximate surface area is 114 Å². The number of hydrogen-bond donors (Lipinski definition) is 2. The van der Waals surface area contributed by atoms with Gasteiger partial charge in [-0.25, -0.2) is 0 Å². The van der Waals surface area contributed by atoms with E-state index in [1.54, 1.807) is 0 Å². The van der Waals surface area contributed by atoms with Crippen molar-refractivity contribution in [2.45, 2.75) is 59.2 Å². The normalized spacial score (nSPS) is 14.8. The van der Waals surface area contributed by atoms with E-state index < -0.39 is 5.60 Å². The standard InChI is InChI=1S/C13H24ClN3O/c1-5-7-13(4,18)9-15-8-11-12(14)10(3)16-17(11)6-2/h15,18H,5-9H2,1-4H3. The number of halogens is 1. The van der Waals surface area contributed by atoms with Gasteiger partial charge in [0.15, 0.2) is 0 Å². The summed E-state index contributed by atoms with van der Waals surface area (Å²) in [7, 11) is 0. The Morgan fingerprint density at radius 3 is 2.67 bits per heavy atom. The Kier molecular flexibility index (Phi) is 5.63. The van der Waals surface area contributed by atoms with Crippen LogP contribution in [0.5, 0.6) is 0 Å². The highest BCUT2D eigenvalue weighted by Crippen LogP contribution is 2.20. The third-order valence-corrected chi connectivity index (χ3v) is 3.53. The first kappa shape index (κ1) is 15.5. The van der Waals surface area contributed by atoms with Crippen LogP contribution in [-0.2, 0) is 13.1 Å². The summed E-state index contributed by atoms with van der Waals surface area (Å²) in [6, 6.07) is 0. The Balaban J connectivity index is 2.59. The third kappa shape index (κ3) is 3.97. The fraction of sp³-hybridized carbons (Fsp3) is 0.769. The molecule has 18 heavy (non-hydrogen) atoms. The van der Waals surface area contributed by atoms with Gasteiger partial charge < -0.3 is 10.4 Å². The molecule has 0 fully saturated rings. The van der Waals surface area contributed by atoms with Crippen LogP contribution in [-0.4, -0.2) is 27.0 Å². The van der Waals surface area contributed by atoms with Gasteiger partial charge in [-0.15, -0.1) is 0 Å². The molecule has 0 radical (unpaired) electrons. The summed E-state index contributed by atoms with van der Waals surface area (Å²) >= 11 is 6.22. The average molecular weight is 274 g/mol. The maximum Gasteiger partial charge on any atom is 0.0860 e. The summed E-state index contributed by atoms with van der Waals surface area (Å²) in [4.78, 5) is 0. The van der Waals surface area contributed by atoms with Crippen LogP contribution in [0.1, 0.15) is 45.0 Å². The minimum Gasteiger partial charge on any atom is -0.389 e. The smallest absolute Gasteiger partial charge is 0.0860 e. The maximum atomic E-state index is 10.1. The van der Waals surface area contributed by atoms with Crippen LogP contribution in [0.3, 0.4) is 0 Å². The van der Waals surface area contributed by atoms with Crippen LogP contribution in [0, 0.1) is 6.92 Å². The van der Waals surface area contributed by atoms with E-state index in [-0.39, 0.29) is 0 Å². The number of nitrogens with zero attached hydrogens (tertiary/aromatic N) is 2. The number of rotatable bonds is 7. The highest BCUT2D eigenvalue weighted by molar-refractivity contribution is 6.31. The van der Waals surface area contributed by atoms with Crippen LogP contribution in [0.4, 0.5) is 0 Å². The largest absolute Gasteiger partial charge is 0.389 e. The lowest BCUT2D eigenvalue weighted by Gasteiger charge is -2.23. The zero-order valence-electron chi connectivity index (χ0n) is 11.8. The number of aromatic nitrogens is 2. The minimum absolute atomic E-state index is 0.561. The van der Waals surface area contributed by atoms with Crippen molar-refractivity contribution >= 4 is 11.6 Å². The van der Waals surface area contributed by atoms with Gasteiger partial charge in [0.2, 0.25) is 0 Å². The SMILES string of the molecule is CCCC(C)(O)CNCc1c(Cl)c(C)nn1CC. The molecular weight excluding hydrogens is 250 g/mol. The number of hydrogen-bond acceptors (Lipinski definition) is 3. The van der Waals surface area contributed by atoms with Crippen LogP contribution >= 0.6 is 11.6 Å². The molecule has 1 aromatic rings. The van der Waals surface area contributed by atoms with Gasteiger partial charge in [0, 0.05) is 19.6 Å². The zero-order chi connectivity index (χ0) is 13.8. The average Bonchev–Trinajstić information content (AvgIpc) is 2.56. The van der Waals surface area contributed by atoms with E-state index >= 15 is 0 Å². The predicted octanol–water partition coefficient (Wildman–Crippen LogP) is 2.51. The molecule has 4 nitrogen and oxygen atoms in total. The van der Waals surface area contributed by atoms with Gasteiger partial charge in [0.1, 0.15) is 0 Å². The summed E-state index contributed by atoms with van der Waals surface area (Å²) in [6.07, 6.45) is 1.77. The lowest BCUT2D eigenvalue weighted by molar-refractivity contribution is 0.0496. The maximum absolute atomic E-state index is 10.1. The number of aliphatic hydroxyl groups is 1. The number of nitrogens with one attached hydrogen (secondary N) is 1. The topological polar surface area (TPSA) is 50.1 Å². The quantitative estimate of drug-likeness (QED) is 0.803. The van der Waals surface area contributed by atoms with Crippen molar-refractivity contribution in [3.05, 3.63) is 16.4 Å². The van der Waals surface area contributed by atoms with Gasteiger partial charge in [0.05, 0.1) is 22.0 Å². The molecule has 1 rings (SSSR count). The second kappa shape index (κ2) is 6.55. The summed E-state index contributed by atoms with van der Waals surface area (Å²) in [6.45, 7) is 9.87. The molecule has 0 saturated heterocycles. The molecule has 0 aliphatic carbocycles. The van der Waals surface area contributed by atoms with Gasteiger partial charge in [0.25, 0.3) is 0 Å². The van der Waals surface area contributed by atoms with Gasteiger partial charge in [-0.2, -0.15) is 5.10 Å². The van der Waals surface area contributed by atoms with E-state index in [4.69, 9.17) is 11.6 Å². The molecule has 0 saturated carbocycles. The first-order valence-electron chi connectivity index (χ1n) is 6.56. The summed E-state index contributed by atoms with van der Waals surface area (Å²) < 4.78 is 1.90. The fourth-order valence-electron chi connectivity index (χ4n) is 2.12. The zero-order valence-corrected chi connectivity index (χ0v) is 12.5. The van der Waals surface area contributed by atoms with E-state index in [0.29, 0.717) is 13.1 Å². The van der Waals surface area contributed by atoms with Crippen LogP contribution in [0.15, 0.2) is 0 Å². The van der Waals surface area contributed by atoms with Crippen molar-refractivity contribution in [2.24, 2.45) is 0 Å². The van der Waals surface area contributed by atoms with Gasteiger partial charge >= 0.3 is 0 Å². The van der Waals surface area contributed by atoms with Crippen molar-refractivity contribution in [3.63, 3.8) is 0 Å². The van der Waals surface area contributed by atoms with Crippen molar-refractivity contribution in [1.82, 2.24) is 15.1 Å². The molecule has 5 heteroatoms. The molecular formula is C13H24ClN3O. The molecule has 0 amide bonds. The van der Waals surface area contributed by atoms with Gasteiger partial charge in [-0.3, -0.25) is 4.68 Å². The van der Waals surface area contributed by atoms with E-state index in [1.165, 1.54) is 0 Å². The number of aryl methyl sites for hydroxylation is 2. The monoisotopic (exact) mass is 273 g/mol.